The van der Waals surface area contributed by atoms with Crippen LogP contribution in [0.15, 0.2) is 84.9 Å². The molecule has 0 saturated carbocycles. The fourth-order valence-electron chi connectivity index (χ4n) is 4.05. The fourth-order valence-corrected chi connectivity index (χ4v) is 4.05. The van der Waals surface area contributed by atoms with Crippen molar-refractivity contribution in [3.05, 3.63) is 123 Å². The lowest BCUT2D eigenvalue weighted by Crippen LogP contribution is -2.23. The van der Waals surface area contributed by atoms with Crippen LogP contribution in [0, 0.1) is 17.0 Å². The van der Waals surface area contributed by atoms with Crippen molar-refractivity contribution in [2.45, 2.75) is 6.92 Å². The van der Waals surface area contributed by atoms with Crippen LogP contribution in [-0.4, -0.2) is 16.5 Å². The van der Waals surface area contributed by atoms with Gasteiger partial charge in [-0.05, 0) is 43.3 Å². The number of hydrogen-bond acceptors (Lipinski definition) is 6. The molecule has 0 aliphatic heterocycles. The van der Waals surface area contributed by atoms with Gasteiger partial charge in [-0.2, -0.15) is 0 Å². The molecule has 5 rings (SSSR count). The normalized spacial score (nSPS) is 12.0. The van der Waals surface area contributed by atoms with Gasteiger partial charge in [0.15, 0.2) is 11.6 Å². The van der Waals surface area contributed by atoms with Crippen LogP contribution in [0.25, 0.3) is 0 Å². The number of fused-ring (bicyclic) bond motifs is 2. The fraction of sp³-hybridized carbons (Fsp3) is 0.0370. The second-order valence-corrected chi connectivity index (χ2v) is 8.03. The topological polar surface area (TPSA) is 101 Å². The molecule has 0 heterocycles. The van der Waals surface area contributed by atoms with Gasteiger partial charge in [-0.3, -0.25) is 19.7 Å². The molecule has 0 saturated heterocycles. The van der Waals surface area contributed by atoms with Crippen molar-refractivity contribution in [2.24, 2.45) is 0 Å². The lowest BCUT2D eigenvalue weighted by atomic mass is 9.82. The molecule has 0 aromatic heterocycles. The molecule has 34 heavy (non-hydrogen) atoms. The van der Waals surface area contributed by atoms with Crippen LogP contribution < -0.4 is 10.6 Å². The highest BCUT2D eigenvalue weighted by Gasteiger charge is 2.34. The summed E-state index contributed by atoms with van der Waals surface area (Å²) in [7, 11) is 0. The predicted octanol–water partition coefficient (Wildman–Crippen LogP) is 6.17. The van der Waals surface area contributed by atoms with E-state index in [2.05, 4.69) is 10.6 Å². The van der Waals surface area contributed by atoms with E-state index in [-0.39, 0.29) is 28.4 Å². The van der Waals surface area contributed by atoms with Gasteiger partial charge in [-0.15, -0.1) is 0 Å². The maximum absolute atomic E-state index is 13.5. The lowest BCUT2D eigenvalue weighted by Gasteiger charge is -2.24. The average Bonchev–Trinajstić information content (AvgIpc) is 2.85. The molecule has 0 radical (unpaired) electrons. The highest BCUT2D eigenvalue weighted by atomic mass is 16.6. The SMILES string of the molecule is Cc1ccc(Nc2ccc(Nc3ccc([N+](=O)[O-])cc3)c3c2C(=O)c2ccccc2C3=O)cc1. The molecule has 0 spiro atoms. The zero-order valence-electron chi connectivity index (χ0n) is 18.2. The standard InChI is InChI=1S/C27H19N3O4/c1-16-6-8-17(9-7-16)28-22-14-15-23(29-18-10-12-19(13-11-18)30(33)34)25-24(22)26(31)20-4-2-3-5-21(20)27(25)32/h2-15,28-29H,1H3. The van der Waals surface area contributed by atoms with Gasteiger partial charge in [0.1, 0.15) is 0 Å². The Balaban J connectivity index is 1.62. The van der Waals surface area contributed by atoms with E-state index in [0.29, 0.717) is 28.2 Å². The smallest absolute Gasteiger partial charge is 0.269 e. The van der Waals surface area contributed by atoms with E-state index in [1.54, 1.807) is 48.5 Å². The van der Waals surface area contributed by atoms with Crippen LogP contribution in [0.2, 0.25) is 0 Å². The van der Waals surface area contributed by atoms with Crippen LogP contribution in [0.4, 0.5) is 28.4 Å². The van der Waals surface area contributed by atoms with Crippen LogP contribution in [0.1, 0.15) is 37.4 Å². The first-order chi connectivity index (χ1) is 16.4. The third kappa shape index (κ3) is 3.69. The molecule has 0 atom stereocenters. The number of rotatable bonds is 5. The number of aryl methyl sites for hydroxylation is 1. The summed E-state index contributed by atoms with van der Waals surface area (Å²) in [5.41, 5.74) is 4.66. The summed E-state index contributed by atoms with van der Waals surface area (Å²) >= 11 is 0. The molecule has 2 N–H and O–H groups in total. The van der Waals surface area contributed by atoms with Crippen LogP contribution in [-0.2, 0) is 0 Å². The molecule has 7 heteroatoms. The van der Waals surface area contributed by atoms with Crippen LogP contribution in [0.5, 0.6) is 0 Å². The number of nitrogens with one attached hydrogen (secondary N) is 2. The molecule has 0 unspecified atom stereocenters. The van der Waals surface area contributed by atoms with Gasteiger partial charge in [0, 0.05) is 34.6 Å². The zero-order valence-corrected chi connectivity index (χ0v) is 18.2. The second-order valence-electron chi connectivity index (χ2n) is 8.03. The van der Waals surface area contributed by atoms with Gasteiger partial charge in [-0.25, -0.2) is 0 Å². The van der Waals surface area contributed by atoms with Gasteiger partial charge in [0.25, 0.3) is 5.69 Å². The van der Waals surface area contributed by atoms with E-state index in [9.17, 15) is 19.7 Å². The lowest BCUT2D eigenvalue weighted by molar-refractivity contribution is -0.384. The Morgan fingerprint density at radius 2 is 1.09 bits per heavy atom. The van der Waals surface area contributed by atoms with Gasteiger partial charge >= 0.3 is 0 Å². The minimum atomic E-state index is -0.476. The minimum absolute atomic E-state index is 0.0367. The van der Waals surface area contributed by atoms with E-state index in [0.717, 1.165) is 11.3 Å². The molecular weight excluding hydrogens is 430 g/mol. The Bertz CT molecular complexity index is 1460. The van der Waals surface area contributed by atoms with Crippen molar-refractivity contribution in [2.75, 3.05) is 10.6 Å². The third-order valence-electron chi connectivity index (χ3n) is 5.76. The number of hydrogen-bond donors (Lipinski definition) is 2. The van der Waals surface area contributed by atoms with E-state index < -0.39 is 4.92 Å². The number of ketones is 2. The Kier molecular flexibility index (Phi) is 5.14. The quantitative estimate of drug-likeness (QED) is 0.246. The molecule has 4 aromatic carbocycles. The van der Waals surface area contributed by atoms with Crippen LogP contribution in [0.3, 0.4) is 0 Å². The van der Waals surface area contributed by atoms with Gasteiger partial charge in [0.05, 0.1) is 27.4 Å². The Morgan fingerprint density at radius 3 is 1.53 bits per heavy atom. The van der Waals surface area contributed by atoms with Crippen molar-refractivity contribution in [1.29, 1.82) is 0 Å². The number of non-ortho nitro benzene ring substituents is 1. The number of carbonyl (C=O) groups is 2. The summed E-state index contributed by atoms with van der Waals surface area (Å²) in [4.78, 5) is 37.6. The van der Waals surface area contributed by atoms with E-state index >= 15 is 0 Å². The number of benzene rings is 4. The van der Waals surface area contributed by atoms with Gasteiger partial charge in [-0.1, -0.05) is 42.0 Å². The van der Waals surface area contributed by atoms with Crippen molar-refractivity contribution < 1.29 is 14.5 Å². The van der Waals surface area contributed by atoms with Gasteiger partial charge in [0.2, 0.25) is 0 Å². The Labute approximate surface area is 195 Å². The van der Waals surface area contributed by atoms with Crippen molar-refractivity contribution in [3.63, 3.8) is 0 Å². The number of carbonyl (C=O) groups excluding carboxylic acids is 2. The number of nitrogens with zero attached hydrogens (tertiary/aromatic N) is 1. The molecule has 1 aliphatic carbocycles. The molecule has 166 valence electrons. The third-order valence-corrected chi connectivity index (χ3v) is 5.76. The van der Waals surface area contributed by atoms with Gasteiger partial charge < -0.3 is 10.6 Å². The molecule has 0 bridgehead atoms. The summed E-state index contributed by atoms with van der Waals surface area (Å²) in [6.45, 7) is 1.99. The van der Waals surface area contributed by atoms with E-state index in [1.165, 1.54) is 12.1 Å². The molecule has 7 nitrogen and oxygen atoms in total. The first-order valence-corrected chi connectivity index (χ1v) is 10.6. The molecular formula is C27H19N3O4. The zero-order chi connectivity index (χ0) is 23.8. The summed E-state index contributed by atoms with van der Waals surface area (Å²) in [6.07, 6.45) is 0. The van der Waals surface area contributed by atoms with Crippen LogP contribution >= 0.6 is 0 Å². The highest BCUT2D eigenvalue weighted by molar-refractivity contribution is 6.32. The summed E-state index contributed by atoms with van der Waals surface area (Å²) < 4.78 is 0. The van der Waals surface area contributed by atoms with Crippen molar-refractivity contribution >= 4 is 40.0 Å². The Morgan fingerprint density at radius 1 is 0.647 bits per heavy atom. The number of nitro groups is 1. The summed E-state index contributed by atoms with van der Waals surface area (Å²) in [5, 5.41) is 17.4. The largest absolute Gasteiger partial charge is 0.355 e. The first-order valence-electron chi connectivity index (χ1n) is 10.6. The Hall–Kier alpha value is -4.78. The molecule has 0 fully saturated rings. The highest BCUT2D eigenvalue weighted by Crippen LogP contribution is 2.38. The van der Waals surface area contributed by atoms with Crippen molar-refractivity contribution in [3.8, 4) is 0 Å². The molecule has 4 aromatic rings. The predicted molar refractivity (Wildman–Crippen MR) is 131 cm³/mol. The average molecular weight is 449 g/mol. The first kappa shape index (κ1) is 21.1. The maximum atomic E-state index is 13.5. The summed E-state index contributed by atoms with van der Waals surface area (Å²) in [5.74, 6) is -0.505. The maximum Gasteiger partial charge on any atom is 0.269 e. The number of nitro benzene ring substituents is 1. The number of anilines is 4. The van der Waals surface area contributed by atoms with Crippen molar-refractivity contribution in [1.82, 2.24) is 0 Å². The molecule has 1 aliphatic rings. The van der Waals surface area contributed by atoms with E-state index in [1.807, 2.05) is 31.2 Å². The second kappa shape index (κ2) is 8.29. The monoisotopic (exact) mass is 449 g/mol. The van der Waals surface area contributed by atoms with E-state index in [4.69, 9.17) is 0 Å². The molecule has 0 amide bonds. The minimum Gasteiger partial charge on any atom is -0.355 e. The summed E-state index contributed by atoms with van der Waals surface area (Å²) in [6, 6.07) is 23.9.